The molecule has 0 unspecified atom stereocenters. The van der Waals surface area contributed by atoms with Gasteiger partial charge in [0, 0.05) is 11.1 Å². The van der Waals surface area contributed by atoms with E-state index in [1.807, 2.05) is 13.8 Å². The van der Waals surface area contributed by atoms with E-state index in [1.165, 1.54) is 12.1 Å². The monoisotopic (exact) mass is 304 g/mol. The highest BCUT2D eigenvalue weighted by molar-refractivity contribution is 5.88. The van der Waals surface area contributed by atoms with Gasteiger partial charge in [0.1, 0.15) is 5.75 Å². The summed E-state index contributed by atoms with van der Waals surface area (Å²) in [5, 5.41) is 0. The quantitative estimate of drug-likeness (QED) is 0.691. The van der Waals surface area contributed by atoms with Crippen LogP contribution in [0.25, 0.3) is 11.1 Å². The number of carbonyl (C=O) groups is 1. The molecule has 116 valence electrons. The highest BCUT2D eigenvalue weighted by Crippen LogP contribution is 2.28. The normalized spacial score (nSPS) is 11.0. The van der Waals surface area contributed by atoms with Crippen molar-refractivity contribution in [3.05, 3.63) is 53.6 Å². The van der Waals surface area contributed by atoms with Gasteiger partial charge in [0.25, 0.3) is 6.43 Å². The molecule has 0 fully saturated rings. The molecule has 0 radical (unpaired) electrons. The average molecular weight is 304 g/mol. The third-order valence-electron chi connectivity index (χ3n) is 3.21. The topological polar surface area (TPSA) is 26.3 Å². The van der Waals surface area contributed by atoms with Crippen molar-refractivity contribution >= 4 is 6.29 Å². The first-order valence-corrected chi connectivity index (χ1v) is 7.11. The number of alkyl halides is 2. The molecule has 0 amide bonds. The predicted molar refractivity (Wildman–Crippen MR) is 82.6 cm³/mol. The standard InChI is InChI=1S/C18H18F2O2/c1-12(2)11-22-16-7-8-17(15(9-16)10-21)13-3-5-14(6-4-13)18(19)20/h3-10,12,18H,11H2,1-2H3. The smallest absolute Gasteiger partial charge is 0.263 e. The van der Waals surface area contributed by atoms with Crippen LogP contribution in [0.2, 0.25) is 0 Å². The minimum absolute atomic E-state index is 0.0340. The van der Waals surface area contributed by atoms with Crippen molar-refractivity contribution < 1.29 is 18.3 Å². The van der Waals surface area contributed by atoms with Crippen LogP contribution < -0.4 is 4.74 Å². The molecule has 2 rings (SSSR count). The van der Waals surface area contributed by atoms with E-state index in [2.05, 4.69) is 0 Å². The van der Waals surface area contributed by atoms with Crippen molar-refractivity contribution in [2.75, 3.05) is 6.61 Å². The Balaban J connectivity index is 2.28. The summed E-state index contributed by atoms with van der Waals surface area (Å²) in [5.74, 6) is 1.02. The number of benzene rings is 2. The van der Waals surface area contributed by atoms with E-state index in [-0.39, 0.29) is 5.56 Å². The van der Waals surface area contributed by atoms with E-state index >= 15 is 0 Å². The van der Waals surface area contributed by atoms with Crippen LogP contribution in [0.1, 0.15) is 36.2 Å². The number of rotatable bonds is 6. The van der Waals surface area contributed by atoms with Crippen molar-refractivity contribution in [1.82, 2.24) is 0 Å². The number of aldehydes is 1. The minimum atomic E-state index is -2.49. The van der Waals surface area contributed by atoms with Gasteiger partial charge in [-0.25, -0.2) is 8.78 Å². The van der Waals surface area contributed by atoms with Gasteiger partial charge in [-0.2, -0.15) is 0 Å². The molecule has 22 heavy (non-hydrogen) atoms. The summed E-state index contributed by atoms with van der Waals surface area (Å²) in [6.07, 6.45) is -1.75. The Morgan fingerprint density at radius 3 is 2.32 bits per heavy atom. The van der Waals surface area contributed by atoms with Crippen LogP contribution >= 0.6 is 0 Å². The van der Waals surface area contributed by atoms with Gasteiger partial charge < -0.3 is 4.74 Å². The van der Waals surface area contributed by atoms with E-state index in [1.54, 1.807) is 30.3 Å². The summed E-state index contributed by atoms with van der Waals surface area (Å²) < 4.78 is 30.7. The number of halogens is 2. The molecular formula is C18H18F2O2. The molecule has 2 nitrogen and oxygen atoms in total. The van der Waals surface area contributed by atoms with Crippen molar-refractivity contribution in [3.8, 4) is 16.9 Å². The molecule has 0 aliphatic heterocycles. The number of ether oxygens (including phenoxy) is 1. The second-order valence-electron chi connectivity index (χ2n) is 5.49. The first-order valence-electron chi connectivity index (χ1n) is 7.11. The molecular weight excluding hydrogens is 286 g/mol. The number of carbonyl (C=O) groups excluding carboxylic acids is 1. The predicted octanol–water partition coefficient (Wildman–Crippen LogP) is 5.14. The van der Waals surface area contributed by atoms with Crippen LogP contribution in [0.3, 0.4) is 0 Å². The Kier molecular flexibility index (Phi) is 5.26. The fourth-order valence-corrected chi connectivity index (χ4v) is 2.06. The van der Waals surface area contributed by atoms with E-state index < -0.39 is 6.43 Å². The van der Waals surface area contributed by atoms with Gasteiger partial charge >= 0.3 is 0 Å². The molecule has 0 aliphatic rings. The highest BCUT2D eigenvalue weighted by Gasteiger charge is 2.10. The van der Waals surface area contributed by atoms with E-state index in [0.717, 1.165) is 11.8 Å². The van der Waals surface area contributed by atoms with Gasteiger partial charge in [-0.1, -0.05) is 38.1 Å². The average Bonchev–Trinajstić information content (AvgIpc) is 2.52. The molecule has 0 atom stereocenters. The van der Waals surface area contributed by atoms with Gasteiger partial charge in [-0.15, -0.1) is 0 Å². The SMILES string of the molecule is CC(C)COc1ccc(-c2ccc(C(F)F)cc2)c(C=O)c1. The Labute approximate surface area is 128 Å². The Morgan fingerprint density at radius 1 is 1.09 bits per heavy atom. The van der Waals surface area contributed by atoms with Crippen LogP contribution in [-0.2, 0) is 0 Å². The Hall–Kier alpha value is -2.23. The largest absolute Gasteiger partial charge is 0.493 e. The minimum Gasteiger partial charge on any atom is -0.493 e. The summed E-state index contributed by atoms with van der Waals surface area (Å²) in [7, 11) is 0. The summed E-state index contributed by atoms with van der Waals surface area (Å²) >= 11 is 0. The lowest BCUT2D eigenvalue weighted by Crippen LogP contribution is -2.04. The van der Waals surface area contributed by atoms with E-state index in [4.69, 9.17) is 4.74 Å². The van der Waals surface area contributed by atoms with Gasteiger partial charge in [0.15, 0.2) is 6.29 Å². The molecule has 0 bridgehead atoms. The molecule has 0 spiro atoms. The van der Waals surface area contributed by atoms with Crippen LogP contribution in [0.5, 0.6) is 5.75 Å². The third-order valence-corrected chi connectivity index (χ3v) is 3.21. The van der Waals surface area contributed by atoms with Crippen LogP contribution in [0.4, 0.5) is 8.78 Å². The lowest BCUT2D eigenvalue weighted by atomic mass is 9.99. The second kappa shape index (κ2) is 7.16. The lowest BCUT2D eigenvalue weighted by molar-refractivity contribution is 0.112. The molecule has 2 aromatic rings. The molecule has 4 heteroatoms. The lowest BCUT2D eigenvalue weighted by Gasteiger charge is -2.11. The van der Waals surface area contributed by atoms with Gasteiger partial charge in [0.05, 0.1) is 6.61 Å². The fourth-order valence-electron chi connectivity index (χ4n) is 2.06. The maximum atomic E-state index is 12.6. The Morgan fingerprint density at radius 2 is 1.77 bits per heavy atom. The van der Waals surface area contributed by atoms with Gasteiger partial charge in [-0.3, -0.25) is 4.79 Å². The van der Waals surface area contributed by atoms with Crippen molar-refractivity contribution in [1.29, 1.82) is 0 Å². The van der Waals surface area contributed by atoms with E-state index in [0.29, 0.717) is 29.4 Å². The van der Waals surface area contributed by atoms with Crippen molar-refractivity contribution in [2.24, 2.45) is 5.92 Å². The van der Waals surface area contributed by atoms with Crippen molar-refractivity contribution in [3.63, 3.8) is 0 Å². The molecule has 0 saturated heterocycles. The molecule has 0 saturated carbocycles. The van der Waals surface area contributed by atoms with Crippen molar-refractivity contribution in [2.45, 2.75) is 20.3 Å². The van der Waals surface area contributed by atoms with Crippen LogP contribution in [0, 0.1) is 5.92 Å². The second-order valence-corrected chi connectivity index (χ2v) is 5.49. The van der Waals surface area contributed by atoms with E-state index in [9.17, 15) is 13.6 Å². The zero-order valence-corrected chi connectivity index (χ0v) is 12.6. The summed E-state index contributed by atoms with van der Waals surface area (Å²) in [6.45, 7) is 4.65. The molecule has 0 aliphatic carbocycles. The molecule has 0 aromatic heterocycles. The maximum absolute atomic E-state index is 12.6. The first-order chi connectivity index (χ1) is 10.5. The summed E-state index contributed by atoms with van der Waals surface area (Å²) in [4.78, 5) is 11.3. The first kappa shape index (κ1) is 16.1. The molecule has 0 N–H and O–H groups in total. The zero-order valence-electron chi connectivity index (χ0n) is 12.6. The third kappa shape index (κ3) is 3.91. The fraction of sp³-hybridized carbons (Fsp3) is 0.278. The summed E-state index contributed by atoms with van der Waals surface area (Å²) in [6, 6.07) is 11.2. The number of hydrogen-bond acceptors (Lipinski definition) is 2. The molecule has 0 heterocycles. The van der Waals surface area contributed by atoms with Crippen LogP contribution in [-0.4, -0.2) is 12.9 Å². The Bertz CT molecular complexity index is 634. The number of hydrogen-bond donors (Lipinski definition) is 0. The van der Waals surface area contributed by atoms with Gasteiger partial charge in [-0.05, 0) is 35.2 Å². The van der Waals surface area contributed by atoms with Gasteiger partial charge in [0.2, 0.25) is 0 Å². The maximum Gasteiger partial charge on any atom is 0.263 e. The molecule has 2 aromatic carbocycles. The highest BCUT2D eigenvalue weighted by atomic mass is 19.3. The zero-order chi connectivity index (χ0) is 16.1. The van der Waals surface area contributed by atoms with Crippen LogP contribution in [0.15, 0.2) is 42.5 Å². The summed E-state index contributed by atoms with van der Waals surface area (Å²) in [5.41, 5.74) is 1.87.